The van der Waals surface area contributed by atoms with E-state index < -0.39 is 6.10 Å². The van der Waals surface area contributed by atoms with Crippen molar-refractivity contribution in [1.29, 1.82) is 0 Å². The van der Waals surface area contributed by atoms with Crippen molar-refractivity contribution in [2.24, 2.45) is 5.92 Å². The molecule has 0 rings (SSSR count). The number of carbonyl (C=O) groups is 3. The molecule has 0 N–H and O–H groups in total. The van der Waals surface area contributed by atoms with Gasteiger partial charge in [-0.1, -0.05) is 240 Å². The third-order valence-electron chi connectivity index (χ3n) is 11.3. The Kier molecular flexibility index (Phi) is 43.2. The minimum absolute atomic E-state index is 0.0631. The molecule has 0 aromatic heterocycles. The van der Waals surface area contributed by atoms with Crippen LogP contribution in [0.1, 0.15) is 278 Å². The highest BCUT2D eigenvalue weighted by atomic mass is 16.6. The number of esters is 3. The second-order valence-corrected chi connectivity index (χ2v) is 17.6. The number of rotatable bonds is 45. The lowest BCUT2D eigenvalue weighted by Gasteiger charge is -2.18. The van der Waals surface area contributed by atoms with Crippen molar-refractivity contribution in [3.8, 4) is 0 Å². The van der Waals surface area contributed by atoms with Crippen LogP contribution in [0.15, 0.2) is 0 Å². The Morgan fingerprint density at radius 2 is 0.589 bits per heavy atom. The summed E-state index contributed by atoms with van der Waals surface area (Å²) in [7, 11) is 0. The van der Waals surface area contributed by atoms with Crippen LogP contribution in [-0.4, -0.2) is 37.2 Å². The largest absolute Gasteiger partial charge is 0.462 e. The zero-order chi connectivity index (χ0) is 41.0. The van der Waals surface area contributed by atoms with Gasteiger partial charge in [0.25, 0.3) is 0 Å². The molecule has 0 bridgehead atoms. The van der Waals surface area contributed by atoms with E-state index in [1.807, 2.05) is 0 Å². The molecule has 0 saturated heterocycles. The van der Waals surface area contributed by atoms with Gasteiger partial charge < -0.3 is 14.2 Å². The summed E-state index contributed by atoms with van der Waals surface area (Å²) in [6.45, 7) is 9.01. The monoisotopic (exact) mass is 793 g/mol. The summed E-state index contributed by atoms with van der Waals surface area (Å²) >= 11 is 0. The highest BCUT2D eigenvalue weighted by molar-refractivity contribution is 5.71. The Labute approximate surface area is 348 Å². The van der Waals surface area contributed by atoms with Gasteiger partial charge in [0.15, 0.2) is 6.10 Å². The first-order chi connectivity index (χ1) is 27.4. The van der Waals surface area contributed by atoms with Crippen LogP contribution < -0.4 is 0 Å². The van der Waals surface area contributed by atoms with Crippen molar-refractivity contribution in [2.45, 2.75) is 284 Å². The normalized spacial score (nSPS) is 11.9. The highest BCUT2D eigenvalue weighted by Gasteiger charge is 2.19. The molecule has 0 radical (unpaired) electrons. The van der Waals surface area contributed by atoms with E-state index in [9.17, 15) is 14.4 Å². The van der Waals surface area contributed by atoms with Crippen LogP contribution in [0.2, 0.25) is 0 Å². The number of carbonyl (C=O) groups excluding carboxylic acids is 3. The zero-order valence-electron chi connectivity index (χ0n) is 38.1. The van der Waals surface area contributed by atoms with Gasteiger partial charge in [-0.05, 0) is 25.2 Å². The van der Waals surface area contributed by atoms with Gasteiger partial charge in [0.2, 0.25) is 0 Å². The predicted molar refractivity (Wildman–Crippen MR) is 238 cm³/mol. The molecule has 0 spiro atoms. The molecule has 0 aromatic carbocycles. The summed E-state index contributed by atoms with van der Waals surface area (Å²) in [6, 6.07) is 0. The number of hydrogen-bond acceptors (Lipinski definition) is 6. The van der Waals surface area contributed by atoms with Crippen molar-refractivity contribution in [1.82, 2.24) is 0 Å². The fourth-order valence-electron chi connectivity index (χ4n) is 7.51. The van der Waals surface area contributed by atoms with Crippen molar-refractivity contribution in [2.75, 3.05) is 13.2 Å². The van der Waals surface area contributed by atoms with Crippen molar-refractivity contribution < 1.29 is 28.6 Å². The molecule has 0 unspecified atom stereocenters. The third kappa shape index (κ3) is 43.5. The lowest BCUT2D eigenvalue weighted by atomic mass is 10.0. The maximum Gasteiger partial charge on any atom is 0.306 e. The maximum absolute atomic E-state index is 12.7. The van der Waals surface area contributed by atoms with Crippen molar-refractivity contribution >= 4 is 17.9 Å². The fraction of sp³-hybridized carbons (Fsp3) is 0.940. The third-order valence-corrected chi connectivity index (χ3v) is 11.3. The number of hydrogen-bond donors (Lipinski definition) is 0. The minimum Gasteiger partial charge on any atom is -0.462 e. The van der Waals surface area contributed by atoms with Crippen molar-refractivity contribution in [3.05, 3.63) is 0 Å². The smallest absolute Gasteiger partial charge is 0.306 e. The second-order valence-electron chi connectivity index (χ2n) is 17.6. The van der Waals surface area contributed by atoms with Crippen LogP contribution in [0.4, 0.5) is 0 Å². The van der Waals surface area contributed by atoms with E-state index in [1.165, 1.54) is 173 Å². The summed E-state index contributed by atoms with van der Waals surface area (Å²) < 4.78 is 16.7. The Bertz CT molecular complexity index is 841. The first-order valence-electron chi connectivity index (χ1n) is 24.9. The van der Waals surface area contributed by atoms with Gasteiger partial charge in [-0.3, -0.25) is 14.4 Å². The van der Waals surface area contributed by atoms with E-state index in [0.29, 0.717) is 19.3 Å². The Hall–Kier alpha value is -1.59. The molecule has 56 heavy (non-hydrogen) atoms. The van der Waals surface area contributed by atoms with Crippen LogP contribution >= 0.6 is 0 Å². The fourth-order valence-corrected chi connectivity index (χ4v) is 7.51. The van der Waals surface area contributed by atoms with E-state index in [0.717, 1.165) is 63.7 Å². The molecule has 6 nitrogen and oxygen atoms in total. The van der Waals surface area contributed by atoms with Gasteiger partial charge in [-0.25, -0.2) is 0 Å². The van der Waals surface area contributed by atoms with Crippen molar-refractivity contribution in [3.63, 3.8) is 0 Å². The molecule has 0 heterocycles. The van der Waals surface area contributed by atoms with E-state index in [4.69, 9.17) is 14.2 Å². The van der Waals surface area contributed by atoms with Crippen LogP contribution in [0, 0.1) is 5.92 Å². The Morgan fingerprint density at radius 1 is 0.339 bits per heavy atom. The topological polar surface area (TPSA) is 78.9 Å². The summed E-state index contributed by atoms with van der Waals surface area (Å²) in [4.78, 5) is 37.8. The number of unbranched alkanes of at least 4 members (excludes halogenated alkanes) is 32. The van der Waals surface area contributed by atoms with Crippen LogP contribution in [0.25, 0.3) is 0 Å². The average molecular weight is 793 g/mol. The molecular formula is C50H96O6. The molecule has 0 aliphatic heterocycles. The van der Waals surface area contributed by atoms with Crippen LogP contribution in [0.3, 0.4) is 0 Å². The molecule has 0 fully saturated rings. The minimum atomic E-state index is -0.759. The Morgan fingerprint density at radius 3 is 0.875 bits per heavy atom. The first kappa shape index (κ1) is 54.4. The molecular weight excluding hydrogens is 697 g/mol. The maximum atomic E-state index is 12.7. The molecule has 332 valence electrons. The average Bonchev–Trinajstić information content (AvgIpc) is 3.18. The van der Waals surface area contributed by atoms with Gasteiger partial charge in [-0.2, -0.15) is 0 Å². The van der Waals surface area contributed by atoms with E-state index in [2.05, 4.69) is 27.7 Å². The molecule has 0 amide bonds. The lowest BCUT2D eigenvalue weighted by molar-refractivity contribution is -0.167. The van der Waals surface area contributed by atoms with Gasteiger partial charge in [0, 0.05) is 19.3 Å². The van der Waals surface area contributed by atoms with Gasteiger partial charge in [-0.15, -0.1) is 0 Å². The predicted octanol–water partition coefficient (Wildman–Crippen LogP) is 15.9. The van der Waals surface area contributed by atoms with Crippen LogP contribution in [-0.2, 0) is 28.6 Å². The molecule has 0 aliphatic carbocycles. The van der Waals surface area contributed by atoms with Gasteiger partial charge in [0.1, 0.15) is 13.2 Å². The van der Waals surface area contributed by atoms with E-state index >= 15 is 0 Å². The second kappa shape index (κ2) is 44.5. The Balaban J connectivity index is 4.22. The SMILES string of the molecule is CCCCCCCCCCCCC(=O)OC[C@@H](COC(=O)CCCCCCCCCCCCCCCCCC(C)C)OC(=O)CCCCCCCCCCCC. The van der Waals surface area contributed by atoms with E-state index in [-0.39, 0.29) is 31.1 Å². The summed E-state index contributed by atoms with van der Waals surface area (Å²) in [5.74, 6) is -0.00105. The lowest BCUT2D eigenvalue weighted by Crippen LogP contribution is -2.30. The summed E-state index contributed by atoms with van der Waals surface area (Å²) in [5.41, 5.74) is 0. The first-order valence-corrected chi connectivity index (χ1v) is 24.9. The molecule has 1 atom stereocenters. The van der Waals surface area contributed by atoms with Gasteiger partial charge >= 0.3 is 17.9 Å². The molecule has 0 saturated carbocycles. The quantitative estimate of drug-likeness (QED) is 0.0347. The number of ether oxygens (including phenoxy) is 3. The summed E-state index contributed by atoms with van der Waals surface area (Å²) in [6.07, 6.45) is 45.2. The molecule has 0 aliphatic rings. The zero-order valence-corrected chi connectivity index (χ0v) is 38.1. The molecule has 0 aromatic rings. The standard InChI is InChI=1S/C50H96O6/c1-5-7-9-11-13-15-25-29-33-37-41-48(51)54-44-47(56-50(53)43-39-35-31-26-16-14-12-10-8-6-2)45-55-49(52)42-38-34-30-27-23-21-19-17-18-20-22-24-28-32-36-40-46(3)4/h46-47H,5-45H2,1-4H3/t47-/m0/s1. The van der Waals surface area contributed by atoms with Crippen LogP contribution in [0.5, 0.6) is 0 Å². The van der Waals surface area contributed by atoms with Gasteiger partial charge in [0.05, 0.1) is 0 Å². The summed E-state index contributed by atoms with van der Waals surface area (Å²) in [5, 5.41) is 0. The highest BCUT2D eigenvalue weighted by Crippen LogP contribution is 2.17. The molecule has 6 heteroatoms. The van der Waals surface area contributed by atoms with E-state index in [1.54, 1.807) is 0 Å².